The average Bonchev–Trinajstić information content (AvgIpc) is 3.11. The van der Waals surface area contributed by atoms with Gasteiger partial charge in [-0.05, 0) is 70.8 Å². The van der Waals surface area contributed by atoms with Crippen LogP contribution >= 0.6 is 0 Å². The van der Waals surface area contributed by atoms with Gasteiger partial charge in [0.15, 0.2) is 5.78 Å². The van der Waals surface area contributed by atoms with Crippen molar-refractivity contribution in [2.75, 3.05) is 22.6 Å². The molecule has 7 nitrogen and oxygen atoms in total. The minimum atomic E-state index is -0.875. The van der Waals surface area contributed by atoms with E-state index in [1.807, 2.05) is 121 Å². The number of urea groups is 1. The van der Waals surface area contributed by atoms with Crippen LogP contribution in [0.25, 0.3) is 21.9 Å². The predicted molar refractivity (Wildman–Crippen MR) is 189 cm³/mol. The number of hydrogen-bond acceptors (Lipinski definition) is 4. The molecule has 232 valence electrons. The molecule has 0 aromatic heterocycles. The first kappa shape index (κ1) is 30.8. The Morgan fingerprint density at radius 2 is 1.43 bits per heavy atom. The zero-order valence-electron chi connectivity index (χ0n) is 25.8. The third kappa shape index (κ3) is 7.21. The van der Waals surface area contributed by atoms with E-state index in [1.165, 1.54) is 0 Å². The fraction of sp³-hybridized carbons (Fsp3) is 0.0750. The molecule has 6 aromatic carbocycles. The van der Waals surface area contributed by atoms with Crippen LogP contribution in [-0.4, -0.2) is 29.9 Å². The number of hydrogen-bond donors (Lipinski definition) is 3. The molecule has 6 rings (SSSR count). The zero-order chi connectivity index (χ0) is 32.8. The van der Waals surface area contributed by atoms with Crippen LogP contribution in [0.3, 0.4) is 0 Å². The van der Waals surface area contributed by atoms with Crippen molar-refractivity contribution in [1.29, 1.82) is 0 Å². The average molecular weight is 620 g/mol. The molecule has 0 aliphatic rings. The van der Waals surface area contributed by atoms with E-state index in [9.17, 15) is 19.5 Å². The van der Waals surface area contributed by atoms with Crippen LogP contribution in [0.5, 0.6) is 0 Å². The SMILES string of the molecule is CN(C(=O)Nc1ccc2ccccc2c1)c1cccc(-c2ccc(CCC(=O)O)cc2Nc2ccccc2C(=O)c2ccccc2)c1. The predicted octanol–water partition coefficient (Wildman–Crippen LogP) is 9.17. The first-order chi connectivity index (χ1) is 22.9. The smallest absolute Gasteiger partial charge is 0.326 e. The Bertz CT molecular complexity index is 2090. The third-order valence-electron chi connectivity index (χ3n) is 8.04. The normalized spacial score (nSPS) is 10.7. The number of carboxylic acids is 1. The van der Waals surface area contributed by atoms with E-state index in [2.05, 4.69) is 10.6 Å². The number of nitrogens with zero attached hydrogens (tertiary/aromatic N) is 1. The van der Waals surface area contributed by atoms with Gasteiger partial charge in [0.1, 0.15) is 0 Å². The second-order valence-electron chi connectivity index (χ2n) is 11.2. The molecule has 0 saturated heterocycles. The standard InChI is InChI=1S/C40H33N3O4/c1-43(40(47)41-32-21-20-28-10-5-6-13-30(28)25-32)33-15-9-14-31(26-33)34-22-18-27(19-23-38(44)45)24-37(34)42-36-17-8-7-16-35(36)39(46)29-11-3-2-4-12-29/h2-18,20-22,24-26,42H,19,23H2,1H3,(H,41,47)(H,44,45). The third-order valence-corrected chi connectivity index (χ3v) is 8.04. The molecule has 0 saturated carbocycles. The van der Waals surface area contributed by atoms with Crippen LogP contribution in [0.1, 0.15) is 27.9 Å². The number of fused-ring (bicyclic) bond motifs is 1. The quantitative estimate of drug-likeness (QED) is 0.133. The number of carbonyl (C=O) groups excluding carboxylic acids is 2. The van der Waals surface area contributed by atoms with Gasteiger partial charge in [-0.3, -0.25) is 14.5 Å². The summed E-state index contributed by atoms with van der Waals surface area (Å²) in [5.74, 6) is -0.988. The maximum atomic E-state index is 13.5. The summed E-state index contributed by atoms with van der Waals surface area (Å²) in [5.41, 5.74) is 6.32. The van der Waals surface area contributed by atoms with Crippen LogP contribution in [0, 0.1) is 0 Å². The van der Waals surface area contributed by atoms with Gasteiger partial charge in [-0.15, -0.1) is 0 Å². The number of ketones is 1. The fourth-order valence-corrected chi connectivity index (χ4v) is 5.51. The summed E-state index contributed by atoms with van der Waals surface area (Å²) in [7, 11) is 1.72. The largest absolute Gasteiger partial charge is 0.481 e. The van der Waals surface area contributed by atoms with Crippen molar-refractivity contribution in [2.45, 2.75) is 12.8 Å². The van der Waals surface area contributed by atoms with E-state index in [4.69, 9.17) is 0 Å². The van der Waals surface area contributed by atoms with Crippen molar-refractivity contribution >= 4 is 51.3 Å². The molecule has 47 heavy (non-hydrogen) atoms. The highest BCUT2D eigenvalue weighted by Gasteiger charge is 2.17. The molecule has 2 amide bonds. The Kier molecular flexibility index (Phi) is 9.06. The van der Waals surface area contributed by atoms with Gasteiger partial charge in [0.2, 0.25) is 0 Å². The first-order valence-corrected chi connectivity index (χ1v) is 15.3. The lowest BCUT2D eigenvalue weighted by atomic mass is 9.97. The summed E-state index contributed by atoms with van der Waals surface area (Å²) >= 11 is 0. The molecule has 0 atom stereocenters. The van der Waals surface area contributed by atoms with Gasteiger partial charge in [0.25, 0.3) is 0 Å². The lowest BCUT2D eigenvalue weighted by molar-refractivity contribution is -0.136. The summed E-state index contributed by atoms with van der Waals surface area (Å²) < 4.78 is 0. The summed E-state index contributed by atoms with van der Waals surface area (Å²) in [6.07, 6.45) is 0.348. The number of aliphatic carboxylic acids is 1. The number of nitrogens with one attached hydrogen (secondary N) is 2. The summed E-state index contributed by atoms with van der Waals surface area (Å²) in [6.45, 7) is 0. The molecule has 0 aliphatic carbocycles. The van der Waals surface area contributed by atoms with E-state index < -0.39 is 5.97 Å². The number of carbonyl (C=O) groups is 3. The van der Waals surface area contributed by atoms with Gasteiger partial charge >= 0.3 is 12.0 Å². The van der Waals surface area contributed by atoms with Crippen LogP contribution in [0.4, 0.5) is 27.5 Å². The highest BCUT2D eigenvalue weighted by Crippen LogP contribution is 2.35. The summed E-state index contributed by atoms with van der Waals surface area (Å²) in [5, 5.41) is 17.9. The van der Waals surface area contributed by atoms with Crippen LogP contribution in [0.2, 0.25) is 0 Å². The molecule has 0 fully saturated rings. The van der Waals surface area contributed by atoms with E-state index >= 15 is 0 Å². The number of carboxylic acid groups (broad SMARTS) is 1. The van der Waals surface area contributed by atoms with Crippen molar-refractivity contribution in [2.24, 2.45) is 0 Å². The highest BCUT2D eigenvalue weighted by molar-refractivity contribution is 6.13. The molecule has 0 aliphatic heterocycles. The number of benzene rings is 6. The first-order valence-electron chi connectivity index (χ1n) is 15.3. The van der Waals surface area contributed by atoms with Crippen LogP contribution < -0.4 is 15.5 Å². The molecule has 7 heteroatoms. The Morgan fingerprint density at radius 3 is 2.23 bits per heavy atom. The molecule has 0 bridgehead atoms. The monoisotopic (exact) mass is 619 g/mol. The number of amides is 2. The van der Waals surface area contributed by atoms with E-state index in [-0.39, 0.29) is 18.2 Å². The molecule has 0 unspecified atom stereocenters. The molecule has 0 radical (unpaired) electrons. The van der Waals surface area contributed by atoms with Gasteiger partial charge in [0, 0.05) is 52.9 Å². The van der Waals surface area contributed by atoms with Gasteiger partial charge in [0.05, 0.1) is 0 Å². The van der Waals surface area contributed by atoms with Crippen molar-refractivity contribution in [1.82, 2.24) is 0 Å². The summed E-state index contributed by atoms with van der Waals surface area (Å²) in [6, 6.07) is 43.4. The van der Waals surface area contributed by atoms with Crippen molar-refractivity contribution < 1.29 is 19.5 Å². The highest BCUT2D eigenvalue weighted by atomic mass is 16.4. The molecule has 3 N–H and O–H groups in total. The van der Waals surface area contributed by atoms with Gasteiger partial charge in [-0.2, -0.15) is 0 Å². The molecule has 6 aromatic rings. The van der Waals surface area contributed by atoms with Crippen LogP contribution in [0.15, 0.2) is 140 Å². The lowest BCUT2D eigenvalue weighted by Crippen LogP contribution is -2.31. The topological polar surface area (TPSA) is 98.7 Å². The Morgan fingerprint density at radius 1 is 0.681 bits per heavy atom. The molecular formula is C40H33N3O4. The van der Waals surface area contributed by atoms with E-state index in [0.717, 1.165) is 27.5 Å². The van der Waals surface area contributed by atoms with Gasteiger partial charge in [-0.1, -0.05) is 97.1 Å². The Hall–Kier alpha value is -6.21. The lowest BCUT2D eigenvalue weighted by Gasteiger charge is -2.20. The molecule has 0 spiro atoms. The maximum Gasteiger partial charge on any atom is 0.326 e. The minimum Gasteiger partial charge on any atom is -0.481 e. The second-order valence-corrected chi connectivity index (χ2v) is 11.2. The van der Waals surface area contributed by atoms with E-state index in [1.54, 1.807) is 30.1 Å². The number of para-hydroxylation sites is 1. The zero-order valence-corrected chi connectivity index (χ0v) is 25.8. The Labute approximate surface area is 273 Å². The number of rotatable bonds is 10. The maximum absolute atomic E-state index is 13.5. The Balaban J connectivity index is 1.31. The van der Waals surface area contributed by atoms with Crippen molar-refractivity contribution in [3.63, 3.8) is 0 Å². The van der Waals surface area contributed by atoms with Crippen molar-refractivity contribution in [3.05, 3.63) is 156 Å². The minimum absolute atomic E-state index is 0.00549. The molecule has 0 heterocycles. The second kappa shape index (κ2) is 13.8. The van der Waals surface area contributed by atoms with Gasteiger partial charge < -0.3 is 15.7 Å². The van der Waals surface area contributed by atoms with Gasteiger partial charge in [-0.25, -0.2) is 4.79 Å². The number of anilines is 4. The van der Waals surface area contributed by atoms with Crippen LogP contribution in [-0.2, 0) is 11.2 Å². The number of aryl methyl sites for hydroxylation is 1. The summed E-state index contributed by atoms with van der Waals surface area (Å²) in [4.78, 5) is 39.7. The fourth-order valence-electron chi connectivity index (χ4n) is 5.51. The molecular weight excluding hydrogens is 586 g/mol. The van der Waals surface area contributed by atoms with Crippen molar-refractivity contribution in [3.8, 4) is 11.1 Å². The van der Waals surface area contributed by atoms with E-state index in [0.29, 0.717) is 40.3 Å².